The van der Waals surface area contributed by atoms with Gasteiger partial charge in [-0.05, 0) is 24.3 Å². The number of nitrogens with zero attached hydrogens (tertiary/aromatic N) is 2. The van der Waals surface area contributed by atoms with Gasteiger partial charge in [0.1, 0.15) is 5.56 Å². The average molecular weight is 393 g/mol. The number of benzene rings is 2. The summed E-state index contributed by atoms with van der Waals surface area (Å²) in [7, 11) is 1.45. The van der Waals surface area contributed by atoms with Crippen molar-refractivity contribution in [2.75, 3.05) is 33.3 Å². The Morgan fingerprint density at radius 1 is 0.846 bits per heavy atom. The summed E-state index contributed by atoms with van der Waals surface area (Å²) < 4.78 is 5.26. The minimum absolute atomic E-state index is 0.0314. The minimum Gasteiger partial charge on any atom is -0.494 e. The van der Waals surface area contributed by atoms with Crippen LogP contribution in [-0.4, -0.2) is 54.9 Å². The van der Waals surface area contributed by atoms with Crippen molar-refractivity contribution in [3.63, 3.8) is 0 Å². The molecule has 2 amide bonds. The highest BCUT2D eigenvalue weighted by molar-refractivity contribution is 6.37. The highest BCUT2D eigenvalue weighted by Crippen LogP contribution is 2.34. The average Bonchev–Trinajstić information content (AvgIpc) is 2.69. The third kappa shape index (κ3) is 3.64. The number of halogens is 2. The van der Waals surface area contributed by atoms with Gasteiger partial charge >= 0.3 is 0 Å². The Morgan fingerprint density at radius 2 is 1.38 bits per heavy atom. The third-order valence-electron chi connectivity index (χ3n) is 4.35. The zero-order valence-corrected chi connectivity index (χ0v) is 15.8. The molecule has 2 aromatic rings. The second-order valence-electron chi connectivity index (χ2n) is 5.89. The van der Waals surface area contributed by atoms with E-state index in [4.69, 9.17) is 27.9 Å². The second kappa shape index (κ2) is 7.98. The Hall–Kier alpha value is -2.24. The van der Waals surface area contributed by atoms with Crippen LogP contribution in [0.15, 0.2) is 42.5 Å². The minimum atomic E-state index is -0.249. The highest BCUT2D eigenvalue weighted by Gasteiger charge is 2.29. The van der Waals surface area contributed by atoms with Crippen molar-refractivity contribution in [2.24, 2.45) is 0 Å². The number of ether oxygens (including phenoxy) is 1. The van der Waals surface area contributed by atoms with Crippen LogP contribution in [-0.2, 0) is 0 Å². The summed E-state index contributed by atoms with van der Waals surface area (Å²) in [5.74, 6) is -0.0100. The molecule has 0 saturated carbocycles. The van der Waals surface area contributed by atoms with Crippen LogP contribution in [0.2, 0.25) is 10.0 Å². The van der Waals surface area contributed by atoms with E-state index in [0.29, 0.717) is 41.8 Å². The summed E-state index contributed by atoms with van der Waals surface area (Å²) in [5.41, 5.74) is 0.899. The molecule has 7 heteroatoms. The molecule has 136 valence electrons. The van der Waals surface area contributed by atoms with Gasteiger partial charge in [-0.3, -0.25) is 9.59 Å². The number of carbonyl (C=O) groups is 2. The molecule has 0 radical (unpaired) electrons. The zero-order valence-electron chi connectivity index (χ0n) is 14.2. The largest absolute Gasteiger partial charge is 0.494 e. The van der Waals surface area contributed by atoms with Gasteiger partial charge in [0.15, 0.2) is 5.75 Å². The van der Waals surface area contributed by atoms with Crippen molar-refractivity contribution in [1.29, 1.82) is 0 Å². The highest BCUT2D eigenvalue weighted by atomic mass is 35.5. The van der Waals surface area contributed by atoms with Crippen molar-refractivity contribution in [3.8, 4) is 5.75 Å². The number of hydrogen-bond donors (Lipinski definition) is 0. The van der Waals surface area contributed by atoms with E-state index in [9.17, 15) is 9.59 Å². The first kappa shape index (κ1) is 18.5. The van der Waals surface area contributed by atoms with Crippen LogP contribution in [0.1, 0.15) is 20.7 Å². The molecule has 1 heterocycles. The number of piperazine rings is 1. The van der Waals surface area contributed by atoms with Gasteiger partial charge in [-0.1, -0.05) is 41.4 Å². The van der Waals surface area contributed by atoms with Crippen LogP contribution in [0.3, 0.4) is 0 Å². The van der Waals surface area contributed by atoms with Gasteiger partial charge in [-0.25, -0.2) is 0 Å². The lowest BCUT2D eigenvalue weighted by Gasteiger charge is -2.35. The van der Waals surface area contributed by atoms with Gasteiger partial charge in [-0.2, -0.15) is 0 Å². The predicted molar refractivity (Wildman–Crippen MR) is 101 cm³/mol. The normalized spacial score (nSPS) is 14.3. The summed E-state index contributed by atoms with van der Waals surface area (Å²) in [4.78, 5) is 28.8. The molecular weight excluding hydrogens is 375 g/mol. The van der Waals surface area contributed by atoms with Crippen molar-refractivity contribution in [1.82, 2.24) is 9.80 Å². The molecule has 0 aromatic heterocycles. The second-order valence-corrected chi connectivity index (χ2v) is 6.70. The molecule has 1 fully saturated rings. The molecule has 3 rings (SSSR count). The Kier molecular flexibility index (Phi) is 5.69. The molecule has 5 nitrogen and oxygen atoms in total. The molecule has 0 unspecified atom stereocenters. The van der Waals surface area contributed by atoms with E-state index in [1.54, 1.807) is 34.1 Å². The van der Waals surface area contributed by atoms with E-state index < -0.39 is 0 Å². The Bertz CT molecular complexity index is 819. The van der Waals surface area contributed by atoms with Crippen molar-refractivity contribution < 1.29 is 14.3 Å². The molecule has 1 saturated heterocycles. The molecular formula is C19H18Cl2N2O3. The van der Waals surface area contributed by atoms with Crippen LogP contribution in [0, 0.1) is 0 Å². The quantitative estimate of drug-likeness (QED) is 0.801. The first-order valence-electron chi connectivity index (χ1n) is 8.18. The van der Waals surface area contributed by atoms with E-state index in [0.717, 1.165) is 0 Å². The van der Waals surface area contributed by atoms with E-state index in [1.807, 2.05) is 18.2 Å². The van der Waals surface area contributed by atoms with Crippen molar-refractivity contribution in [3.05, 3.63) is 63.6 Å². The molecule has 0 N–H and O–H groups in total. The lowest BCUT2D eigenvalue weighted by Crippen LogP contribution is -2.50. The standard InChI is InChI=1S/C19H18Cl2N2O3/c1-26-17-15(21)8-7-14(20)16(17)19(25)23-11-9-22(10-12-23)18(24)13-5-3-2-4-6-13/h2-8H,9-12H2,1H3. The molecule has 26 heavy (non-hydrogen) atoms. The summed E-state index contributed by atoms with van der Waals surface area (Å²) in [6.07, 6.45) is 0. The van der Waals surface area contributed by atoms with Crippen LogP contribution < -0.4 is 4.74 Å². The number of hydrogen-bond acceptors (Lipinski definition) is 3. The predicted octanol–water partition coefficient (Wildman–Crippen LogP) is 3.60. The molecule has 0 bridgehead atoms. The maximum Gasteiger partial charge on any atom is 0.259 e. The topological polar surface area (TPSA) is 49.9 Å². The van der Waals surface area contributed by atoms with Crippen molar-refractivity contribution >= 4 is 35.0 Å². The molecule has 0 spiro atoms. The summed E-state index contributed by atoms with van der Waals surface area (Å²) in [5, 5.41) is 0.622. The van der Waals surface area contributed by atoms with Crippen LogP contribution >= 0.6 is 23.2 Å². The fourth-order valence-corrected chi connectivity index (χ4v) is 3.43. The maximum absolute atomic E-state index is 12.9. The Morgan fingerprint density at radius 3 is 1.96 bits per heavy atom. The van der Waals surface area contributed by atoms with Gasteiger partial charge in [-0.15, -0.1) is 0 Å². The number of amides is 2. The fourth-order valence-electron chi connectivity index (χ4n) is 2.97. The number of carbonyl (C=O) groups excluding carboxylic acids is 2. The molecule has 1 aliphatic rings. The SMILES string of the molecule is COc1c(Cl)ccc(Cl)c1C(=O)N1CCN(C(=O)c2ccccc2)CC1. The monoisotopic (exact) mass is 392 g/mol. The molecule has 0 atom stereocenters. The molecule has 0 aliphatic carbocycles. The molecule has 2 aromatic carbocycles. The molecule has 1 aliphatic heterocycles. The van der Waals surface area contributed by atoms with Crippen LogP contribution in [0.25, 0.3) is 0 Å². The maximum atomic E-state index is 12.9. The smallest absolute Gasteiger partial charge is 0.259 e. The van der Waals surface area contributed by atoms with E-state index in [2.05, 4.69) is 0 Å². The van der Waals surface area contributed by atoms with Crippen molar-refractivity contribution in [2.45, 2.75) is 0 Å². The van der Waals surface area contributed by atoms with Crippen LogP contribution in [0.4, 0.5) is 0 Å². The Labute approximate surface area is 162 Å². The van der Waals surface area contributed by atoms with Gasteiger partial charge in [0, 0.05) is 31.7 Å². The zero-order chi connectivity index (χ0) is 18.7. The van der Waals surface area contributed by atoms with E-state index in [-0.39, 0.29) is 23.1 Å². The number of rotatable bonds is 3. The first-order valence-corrected chi connectivity index (χ1v) is 8.94. The van der Waals surface area contributed by atoms with E-state index in [1.165, 1.54) is 7.11 Å². The van der Waals surface area contributed by atoms with E-state index >= 15 is 0 Å². The Balaban J connectivity index is 1.72. The summed E-state index contributed by atoms with van der Waals surface area (Å²) in [6.45, 7) is 1.76. The van der Waals surface area contributed by atoms with Gasteiger partial charge < -0.3 is 14.5 Å². The van der Waals surface area contributed by atoms with Gasteiger partial charge in [0.2, 0.25) is 0 Å². The lowest BCUT2D eigenvalue weighted by molar-refractivity contribution is 0.0533. The first-order chi connectivity index (χ1) is 12.5. The van der Waals surface area contributed by atoms with Crippen LogP contribution in [0.5, 0.6) is 5.75 Å². The summed E-state index contributed by atoms with van der Waals surface area (Å²) in [6, 6.07) is 12.3. The fraction of sp³-hybridized carbons (Fsp3) is 0.263. The lowest BCUT2D eigenvalue weighted by atomic mass is 10.1. The third-order valence-corrected chi connectivity index (χ3v) is 4.96. The van der Waals surface area contributed by atoms with Gasteiger partial charge in [0.25, 0.3) is 11.8 Å². The van der Waals surface area contributed by atoms with Gasteiger partial charge in [0.05, 0.1) is 17.2 Å². The number of methoxy groups -OCH3 is 1. The summed E-state index contributed by atoms with van der Waals surface area (Å²) >= 11 is 12.3.